The first-order valence-electron chi connectivity index (χ1n) is 7.99. The summed E-state index contributed by atoms with van der Waals surface area (Å²) in [5.41, 5.74) is 0.818. The third-order valence-electron chi connectivity index (χ3n) is 3.43. The zero-order chi connectivity index (χ0) is 17.2. The molecule has 5 nitrogen and oxygen atoms in total. The Morgan fingerprint density at radius 2 is 1.87 bits per heavy atom. The van der Waals surface area contributed by atoms with Crippen LogP contribution < -0.4 is 15.5 Å². The molecule has 1 aromatic rings. The van der Waals surface area contributed by atoms with Crippen LogP contribution in [0.5, 0.6) is 0 Å². The number of hydrogen-bond acceptors (Lipinski definition) is 3. The molecule has 0 radical (unpaired) electrons. The average molecular weight is 338 g/mol. The van der Waals surface area contributed by atoms with E-state index in [9.17, 15) is 9.59 Å². The van der Waals surface area contributed by atoms with Crippen molar-refractivity contribution in [2.24, 2.45) is 0 Å². The minimum absolute atomic E-state index is 0.0132. The largest absolute Gasteiger partial charge is 0.349 e. The van der Waals surface area contributed by atoms with Crippen LogP contribution in [0.4, 0.5) is 5.69 Å². The number of benzene rings is 1. The molecule has 0 aliphatic rings. The van der Waals surface area contributed by atoms with Gasteiger partial charge in [0.25, 0.3) is 11.8 Å². The smallest absolute Gasteiger partial charge is 0.279 e. The zero-order valence-electron chi connectivity index (χ0n) is 14.4. The van der Waals surface area contributed by atoms with Crippen LogP contribution in [0.25, 0.3) is 0 Å². The molecule has 1 unspecified atom stereocenters. The van der Waals surface area contributed by atoms with Gasteiger partial charge in [-0.1, -0.05) is 25.5 Å². The Kier molecular flexibility index (Phi) is 8.73. The first-order valence-corrected chi connectivity index (χ1v) is 9.22. The second-order valence-electron chi connectivity index (χ2n) is 5.82. The van der Waals surface area contributed by atoms with Gasteiger partial charge in [0.15, 0.2) is 13.1 Å². The molecule has 6 heteroatoms. The molecule has 0 saturated heterocycles. The maximum absolute atomic E-state index is 12.1. The molecule has 0 heterocycles. The number of amides is 2. The predicted octanol–water partition coefficient (Wildman–Crippen LogP) is 1.17. The van der Waals surface area contributed by atoms with Crippen molar-refractivity contribution in [1.29, 1.82) is 0 Å². The fourth-order valence-corrected chi connectivity index (χ4v) is 2.94. The first-order chi connectivity index (χ1) is 11.0. The van der Waals surface area contributed by atoms with Crippen molar-refractivity contribution in [2.45, 2.75) is 37.6 Å². The van der Waals surface area contributed by atoms with Crippen LogP contribution in [0, 0.1) is 0 Å². The number of anilines is 1. The zero-order valence-corrected chi connectivity index (χ0v) is 15.3. The summed E-state index contributed by atoms with van der Waals surface area (Å²) in [7, 11) is 1.85. The van der Waals surface area contributed by atoms with Crippen LogP contribution >= 0.6 is 11.8 Å². The van der Waals surface area contributed by atoms with E-state index in [2.05, 4.69) is 17.6 Å². The summed E-state index contributed by atoms with van der Waals surface area (Å²) in [6, 6.07) is 7.88. The van der Waals surface area contributed by atoms with Crippen molar-refractivity contribution in [2.75, 3.05) is 31.7 Å². The van der Waals surface area contributed by atoms with E-state index < -0.39 is 0 Å². The van der Waals surface area contributed by atoms with Crippen LogP contribution in [0.3, 0.4) is 0 Å². The lowest BCUT2D eigenvalue weighted by Crippen LogP contribution is -3.11. The molecule has 0 aliphatic carbocycles. The van der Waals surface area contributed by atoms with E-state index in [1.165, 1.54) is 0 Å². The SMILES string of the molecule is CCC[C@@H](C)NC(=O)C[NH+](C)CC(=O)Nc1ccccc1SC. The predicted molar refractivity (Wildman–Crippen MR) is 96.0 cm³/mol. The van der Waals surface area contributed by atoms with Gasteiger partial charge < -0.3 is 15.5 Å². The normalized spacial score (nSPS) is 13.2. The number of hydrogen-bond donors (Lipinski definition) is 3. The molecule has 2 amide bonds. The van der Waals surface area contributed by atoms with Crippen molar-refractivity contribution >= 4 is 29.3 Å². The third-order valence-corrected chi connectivity index (χ3v) is 4.23. The summed E-state index contributed by atoms with van der Waals surface area (Å²) >= 11 is 1.59. The van der Waals surface area contributed by atoms with Gasteiger partial charge >= 0.3 is 0 Å². The molecule has 1 rings (SSSR count). The highest BCUT2D eigenvalue weighted by Gasteiger charge is 2.16. The van der Waals surface area contributed by atoms with Crippen LogP contribution in [-0.4, -0.2) is 44.2 Å². The topological polar surface area (TPSA) is 62.6 Å². The van der Waals surface area contributed by atoms with Crippen molar-refractivity contribution in [1.82, 2.24) is 5.32 Å². The minimum atomic E-state index is -0.0848. The quantitative estimate of drug-likeness (QED) is 0.592. The minimum Gasteiger partial charge on any atom is -0.349 e. The van der Waals surface area contributed by atoms with Gasteiger partial charge in [0, 0.05) is 10.9 Å². The fraction of sp³-hybridized carbons (Fsp3) is 0.529. The Labute approximate surface area is 143 Å². The molecular weight excluding hydrogens is 310 g/mol. The number of carbonyl (C=O) groups excluding carboxylic acids is 2. The van der Waals surface area contributed by atoms with Gasteiger partial charge in [-0.15, -0.1) is 11.8 Å². The highest BCUT2D eigenvalue weighted by molar-refractivity contribution is 7.98. The number of thioether (sulfide) groups is 1. The van der Waals surface area contributed by atoms with Crippen molar-refractivity contribution in [3.8, 4) is 0 Å². The molecule has 128 valence electrons. The molecule has 0 saturated carbocycles. The average Bonchev–Trinajstić information content (AvgIpc) is 2.47. The van der Waals surface area contributed by atoms with Crippen LogP contribution in [-0.2, 0) is 9.59 Å². The molecule has 3 N–H and O–H groups in total. The second-order valence-corrected chi connectivity index (χ2v) is 6.66. The van der Waals surface area contributed by atoms with Gasteiger partial charge in [-0.05, 0) is 31.7 Å². The number of rotatable bonds is 9. The Morgan fingerprint density at radius 1 is 1.22 bits per heavy atom. The maximum Gasteiger partial charge on any atom is 0.279 e. The molecule has 23 heavy (non-hydrogen) atoms. The molecule has 1 aromatic carbocycles. The van der Waals surface area contributed by atoms with E-state index in [4.69, 9.17) is 0 Å². The van der Waals surface area contributed by atoms with Gasteiger partial charge in [0.2, 0.25) is 0 Å². The summed E-state index contributed by atoms with van der Waals surface area (Å²) < 4.78 is 0. The van der Waals surface area contributed by atoms with Crippen molar-refractivity contribution < 1.29 is 14.5 Å². The lowest BCUT2D eigenvalue weighted by atomic mass is 10.2. The van der Waals surface area contributed by atoms with E-state index in [1.807, 2.05) is 44.5 Å². The van der Waals surface area contributed by atoms with Gasteiger partial charge in [0.1, 0.15) is 0 Å². The standard InChI is InChI=1S/C17H27N3O2S/c1-5-8-13(2)18-16(21)11-20(3)12-17(22)19-14-9-6-7-10-15(14)23-4/h6-7,9-10,13H,5,8,11-12H2,1-4H3,(H,18,21)(H,19,22)/p+1/t13-/m1/s1. The van der Waals surface area contributed by atoms with E-state index in [0.717, 1.165) is 28.3 Å². The molecule has 0 spiro atoms. The lowest BCUT2D eigenvalue weighted by Gasteiger charge is -2.17. The summed E-state index contributed by atoms with van der Waals surface area (Å²) in [6.45, 7) is 4.66. The number of para-hydroxylation sites is 1. The summed E-state index contributed by atoms with van der Waals surface area (Å²) in [4.78, 5) is 25.9. The van der Waals surface area contributed by atoms with E-state index >= 15 is 0 Å². The van der Waals surface area contributed by atoms with Gasteiger partial charge in [0.05, 0.1) is 12.7 Å². The molecule has 0 aromatic heterocycles. The molecule has 2 atom stereocenters. The van der Waals surface area contributed by atoms with Gasteiger partial charge in [-0.2, -0.15) is 0 Å². The third kappa shape index (κ3) is 7.52. The Morgan fingerprint density at radius 3 is 2.52 bits per heavy atom. The van der Waals surface area contributed by atoms with Crippen LogP contribution in [0.2, 0.25) is 0 Å². The number of likely N-dealkylation sites (N-methyl/N-ethyl adjacent to an activating group) is 1. The Balaban J connectivity index is 2.43. The van der Waals surface area contributed by atoms with Crippen LogP contribution in [0.1, 0.15) is 26.7 Å². The second kappa shape index (κ2) is 10.3. The molecule has 0 aliphatic heterocycles. The van der Waals surface area contributed by atoms with E-state index in [0.29, 0.717) is 6.54 Å². The Hall–Kier alpha value is -1.53. The number of quaternary nitrogens is 1. The van der Waals surface area contributed by atoms with Gasteiger partial charge in [-0.3, -0.25) is 9.59 Å². The highest BCUT2D eigenvalue weighted by atomic mass is 32.2. The number of nitrogens with one attached hydrogen (secondary N) is 3. The number of carbonyl (C=O) groups is 2. The van der Waals surface area contributed by atoms with E-state index in [-0.39, 0.29) is 24.4 Å². The molecule has 0 bridgehead atoms. The summed E-state index contributed by atoms with van der Waals surface area (Å²) in [6.07, 6.45) is 3.99. The fourth-order valence-electron chi connectivity index (χ4n) is 2.38. The molecule has 0 fully saturated rings. The summed E-state index contributed by atoms with van der Waals surface area (Å²) in [5.74, 6) is -0.0980. The lowest BCUT2D eigenvalue weighted by molar-refractivity contribution is -0.862. The first kappa shape index (κ1) is 19.5. The molecular formula is C17H28N3O2S+. The van der Waals surface area contributed by atoms with E-state index in [1.54, 1.807) is 11.8 Å². The van der Waals surface area contributed by atoms with Crippen molar-refractivity contribution in [3.05, 3.63) is 24.3 Å². The summed E-state index contributed by atoms with van der Waals surface area (Å²) in [5, 5.41) is 5.87. The van der Waals surface area contributed by atoms with Crippen molar-refractivity contribution in [3.63, 3.8) is 0 Å². The van der Waals surface area contributed by atoms with Crippen LogP contribution in [0.15, 0.2) is 29.2 Å². The Bertz CT molecular complexity index is 522. The highest BCUT2D eigenvalue weighted by Crippen LogP contribution is 2.24. The monoisotopic (exact) mass is 338 g/mol. The maximum atomic E-state index is 12.1. The van der Waals surface area contributed by atoms with Gasteiger partial charge in [-0.25, -0.2) is 0 Å².